The zero-order chi connectivity index (χ0) is 22.2. The van der Waals surface area contributed by atoms with Gasteiger partial charge < -0.3 is 10.3 Å². The zero-order valence-electron chi connectivity index (χ0n) is 16.9. The first kappa shape index (κ1) is 19.6. The highest BCUT2D eigenvalue weighted by Crippen LogP contribution is 2.23. The second kappa shape index (κ2) is 7.69. The average molecular weight is 428 g/mol. The fourth-order valence-corrected chi connectivity index (χ4v) is 3.68. The van der Waals surface area contributed by atoms with Gasteiger partial charge in [0.15, 0.2) is 5.43 Å². The number of benzene rings is 2. The molecular formula is C23H17FN6O2. The van der Waals surface area contributed by atoms with Crippen molar-refractivity contribution >= 4 is 27.8 Å². The van der Waals surface area contributed by atoms with Gasteiger partial charge in [-0.15, -0.1) is 0 Å². The number of nitrogens with one attached hydrogen (secondary N) is 2. The van der Waals surface area contributed by atoms with E-state index in [-0.39, 0.29) is 10.8 Å². The normalized spacial score (nSPS) is 12.2. The number of aromatic amines is 1. The van der Waals surface area contributed by atoms with Gasteiger partial charge in [0.2, 0.25) is 0 Å². The molecule has 8 nitrogen and oxygen atoms in total. The quantitative estimate of drug-likeness (QED) is 0.455. The van der Waals surface area contributed by atoms with E-state index in [0.717, 1.165) is 0 Å². The number of nitrogens with zero attached hydrogens (tertiary/aromatic N) is 4. The molecule has 3 heterocycles. The summed E-state index contributed by atoms with van der Waals surface area (Å²) in [5.41, 5.74) is 0.721. The fraction of sp³-hybridized carbons (Fsp3) is 0.0870. The summed E-state index contributed by atoms with van der Waals surface area (Å²) in [7, 11) is 0. The Kier molecular flexibility index (Phi) is 4.70. The molecule has 5 rings (SSSR count). The summed E-state index contributed by atoms with van der Waals surface area (Å²) >= 11 is 0. The van der Waals surface area contributed by atoms with Crippen molar-refractivity contribution < 1.29 is 4.39 Å². The standard InChI is InChI=1S/C23H17FN6O2/c1-13(28-21-19-18(31)9-10-25-20(19)26-12-27-21)22-29-17-8-7-14(24)11-16(17)23(32)30(22)15-5-3-2-4-6-15/h2-13H,1H3,(H2,25,26,27,28,31)/t13-/m0/s1. The number of fused-ring (bicyclic) bond motifs is 2. The van der Waals surface area contributed by atoms with E-state index in [2.05, 4.69) is 25.3 Å². The number of hydrogen-bond acceptors (Lipinski definition) is 6. The molecule has 32 heavy (non-hydrogen) atoms. The average Bonchev–Trinajstić information content (AvgIpc) is 2.80. The SMILES string of the molecule is C[C@H](Nc1ncnc2[nH]ccc(=O)c12)c1nc2ccc(F)cc2c(=O)n1-c1ccccc1. The minimum atomic E-state index is -0.532. The molecule has 0 amide bonds. The van der Waals surface area contributed by atoms with E-state index < -0.39 is 17.4 Å². The van der Waals surface area contributed by atoms with Gasteiger partial charge in [-0.1, -0.05) is 18.2 Å². The lowest BCUT2D eigenvalue weighted by molar-refractivity contribution is 0.629. The maximum atomic E-state index is 13.8. The van der Waals surface area contributed by atoms with Crippen molar-refractivity contribution in [3.63, 3.8) is 0 Å². The molecule has 1 atom stereocenters. The number of anilines is 1. The van der Waals surface area contributed by atoms with Gasteiger partial charge in [0, 0.05) is 12.3 Å². The van der Waals surface area contributed by atoms with Crippen LogP contribution in [0.4, 0.5) is 10.2 Å². The summed E-state index contributed by atoms with van der Waals surface area (Å²) in [6, 6.07) is 13.8. The lowest BCUT2D eigenvalue weighted by atomic mass is 10.2. The van der Waals surface area contributed by atoms with Gasteiger partial charge in [0.1, 0.15) is 34.8 Å². The monoisotopic (exact) mass is 428 g/mol. The largest absolute Gasteiger partial charge is 0.360 e. The Morgan fingerprint density at radius 2 is 1.88 bits per heavy atom. The molecule has 2 aromatic carbocycles. The van der Waals surface area contributed by atoms with Gasteiger partial charge >= 0.3 is 0 Å². The zero-order valence-corrected chi connectivity index (χ0v) is 16.9. The molecule has 0 saturated carbocycles. The molecule has 0 saturated heterocycles. The summed E-state index contributed by atoms with van der Waals surface area (Å²) in [6.07, 6.45) is 2.86. The lowest BCUT2D eigenvalue weighted by Gasteiger charge is -2.20. The summed E-state index contributed by atoms with van der Waals surface area (Å²) in [6.45, 7) is 1.81. The van der Waals surface area contributed by atoms with Crippen LogP contribution >= 0.6 is 0 Å². The summed E-state index contributed by atoms with van der Waals surface area (Å²) in [4.78, 5) is 41.7. The number of pyridine rings is 1. The predicted octanol–water partition coefficient (Wildman–Crippen LogP) is 3.33. The molecule has 9 heteroatoms. The highest BCUT2D eigenvalue weighted by atomic mass is 19.1. The Hall–Kier alpha value is -4.40. The molecule has 0 fully saturated rings. The van der Waals surface area contributed by atoms with Crippen LogP contribution in [0.25, 0.3) is 27.6 Å². The molecule has 0 unspecified atom stereocenters. The number of rotatable bonds is 4. The Bertz CT molecular complexity index is 1570. The van der Waals surface area contributed by atoms with Crippen LogP contribution in [0.1, 0.15) is 18.8 Å². The van der Waals surface area contributed by atoms with Crippen molar-refractivity contribution in [2.75, 3.05) is 5.32 Å². The van der Waals surface area contributed by atoms with Gasteiger partial charge in [-0.2, -0.15) is 0 Å². The van der Waals surface area contributed by atoms with Crippen LogP contribution in [0.15, 0.2) is 76.7 Å². The number of aromatic nitrogens is 5. The highest BCUT2D eigenvalue weighted by molar-refractivity contribution is 5.86. The van der Waals surface area contributed by atoms with Gasteiger partial charge in [-0.25, -0.2) is 19.3 Å². The van der Waals surface area contributed by atoms with Crippen molar-refractivity contribution in [1.82, 2.24) is 24.5 Å². The third kappa shape index (κ3) is 3.29. The van der Waals surface area contributed by atoms with E-state index in [1.54, 1.807) is 24.3 Å². The van der Waals surface area contributed by atoms with Crippen LogP contribution in [0, 0.1) is 5.82 Å². The van der Waals surface area contributed by atoms with Gasteiger partial charge in [-0.05, 0) is 37.3 Å². The van der Waals surface area contributed by atoms with E-state index in [1.165, 1.54) is 41.4 Å². The van der Waals surface area contributed by atoms with Crippen molar-refractivity contribution in [1.29, 1.82) is 0 Å². The van der Waals surface area contributed by atoms with E-state index in [1.807, 2.05) is 13.0 Å². The molecule has 0 radical (unpaired) electrons. The second-order valence-electron chi connectivity index (χ2n) is 7.26. The van der Waals surface area contributed by atoms with Gasteiger partial charge in [0.25, 0.3) is 5.56 Å². The first-order valence-corrected chi connectivity index (χ1v) is 9.89. The van der Waals surface area contributed by atoms with Crippen molar-refractivity contribution in [3.8, 4) is 5.69 Å². The molecule has 3 aromatic heterocycles. The molecule has 0 aliphatic rings. The Morgan fingerprint density at radius 1 is 1.06 bits per heavy atom. The molecule has 0 aliphatic carbocycles. The number of halogens is 1. The second-order valence-corrected chi connectivity index (χ2v) is 7.26. The first-order chi connectivity index (χ1) is 15.5. The summed E-state index contributed by atoms with van der Waals surface area (Å²) in [5.74, 6) is 0.193. The minimum Gasteiger partial charge on any atom is -0.360 e. The van der Waals surface area contributed by atoms with Gasteiger partial charge in [0.05, 0.1) is 22.6 Å². The van der Waals surface area contributed by atoms with E-state index >= 15 is 0 Å². The van der Waals surface area contributed by atoms with E-state index in [0.29, 0.717) is 33.9 Å². The summed E-state index contributed by atoms with van der Waals surface area (Å²) < 4.78 is 15.3. The van der Waals surface area contributed by atoms with Gasteiger partial charge in [-0.3, -0.25) is 14.2 Å². The lowest BCUT2D eigenvalue weighted by Crippen LogP contribution is -2.27. The first-order valence-electron chi connectivity index (χ1n) is 9.89. The maximum absolute atomic E-state index is 13.8. The molecular weight excluding hydrogens is 411 g/mol. The minimum absolute atomic E-state index is 0.175. The Morgan fingerprint density at radius 3 is 2.69 bits per heavy atom. The topological polar surface area (TPSA) is 106 Å². The molecule has 2 N–H and O–H groups in total. The number of hydrogen-bond donors (Lipinski definition) is 2. The molecule has 158 valence electrons. The van der Waals surface area contributed by atoms with Crippen LogP contribution in [0.5, 0.6) is 0 Å². The maximum Gasteiger partial charge on any atom is 0.266 e. The third-order valence-corrected chi connectivity index (χ3v) is 5.16. The van der Waals surface area contributed by atoms with Crippen molar-refractivity contribution in [2.45, 2.75) is 13.0 Å². The fourth-order valence-electron chi connectivity index (χ4n) is 3.68. The summed E-state index contributed by atoms with van der Waals surface area (Å²) in [5, 5.41) is 3.67. The Labute approximate surface area is 180 Å². The Balaban J connectivity index is 1.71. The molecule has 0 aliphatic heterocycles. The van der Waals surface area contributed by atoms with E-state index in [9.17, 15) is 14.0 Å². The van der Waals surface area contributed by atoms with E-state index in [4.69, 9.17) is 0 Å². The van der Waals surface area contributed by atoms with Crippen LogP contribution in [-0.4, -0.2) is 24.5 Å². The van der Waals surface area contributed by atoms with Crippen LogP contribution in [-0.2, 0) is 0 Å². The smallest absolute Gasteiger partial charge is 0.266 e. The van der Waals surface area contributed by atoms with Crippen LogP contribution in [0.2, 0.25) is 0 Å². The molecule has 5 aromatic rings. The number of para-hydroxylation sites is 1. The third-order valence-electron chi connectivity index (χ3n) is 5.16. The van der Waals surface area contributed by atoms with Crippen LogP contribution in [0.3, 0.4) is 0 Å². The number of H-pyrrole nitrogens is 1. The van der Waals surface area contributed by atoms with Crippen molar-refractivity contribution in [3.05, 3.63) is 99.3 Å². The molecule has 0 spiro atoms. The van der Waals surface area contributed by atoms with Crippen molar-refractivity contribution in [2.24, 2.45) is 0 Å². The highest BCUT2D eigenvalue weighted by Gasteiger charge is 2.20. The molecule has 0 bridgehead atoms. The van der Waals surface area contributed by atoms with Crippen LogP contribution < -0.4 is 16.3 Å². The predicted molar refractivity (Wildman–Crippen MR) is 119 cm³/mol.